The number of aromatic nitrogens is 4. The second kappa shape index (κ2) is 7.38. The minimum Gasteiger partial charge on any atom is -0.497 e. The summed E-state index contributed by atoms with van der Waals surface area (Å²) in [5.41, 5.74) is 3.89. The number of aromatic amines is 1. The van der Waals surface area contributed by atoms with E-state index in [1.54, 1.807) is 30.1 Å². The third-order valence-electron chi connectivity index (χ3n) is 5.16. The fourth-order valence-electron chi connectivity index (χ4n) is 3.54. The third kappa shape index (κ3) is 3.15. The van der Waals surface area contributed by atoms with Gasteiger partial charge in [0.15, 0.2) is 0 Å². The van der Waals surface area contributed by atoms with Crippen molar-refractivity contribution in [3.8, 4) is 17.0 Å². The highest BCUT2D eigenvalue weighted by Crippen LogP contribution is 2.28. The number of fused-ring (bicyclic) bond motifs is 2. The quantitative estimate of drug-likeness (QED) is 0.458. The van der Waals surface area contributed by atoms with Gasteiger partial charge < -0.3 is 9.72 Å². The van der Waals surface area contributed by atoms with E-state index in [2.05, 4.69) is 14.3 Å². The molecule has 3 aromatic heterocycles. The van der Waals surface area contributed by atoms with Gasteiger partial charge in [-0.05, 0) is 66.0 Å². The van der Waals surface area contributed by atoms with E-state index >= 15 is 0 Å². The molecule has 2 aromatic carbocycles. The van der Waals surface area contributed by atoms with Gasteiger partial charge in [0.05, 0.1) is 13.4 Å². The van der Waals surface area contributed by atoms with Gasteiger partial charge >= 0.3 is 0 Å². The molecule has 8 heteroatoms. The zero-order valence-electron chi connectivity index (χ0n) is 16.1. The average Bonchev–Trinajstić information content (AvgIpc) is 3.38. The predicted octanol–water partition coefficient (Wildman–Crippen LogP) is 4.39. The number of benzene rings is 2. The number of hydrogen-bond acceptors (Lipinski definition) is 5. The Balaban J connectivity index is 1.45. The Morgan fingerprint density at radius 1 is 1.20 bits per heavy atom. The monoisotopic (exact) mass is 420 g/mol. The lowest BCUT2D eigenvalue weighted by molar-refractivity contribution is 0.415. The summed E-state index contributed by atoms with van der Waals surface area (Å²) in [5, 5.41) is 1.08. The lowest BCUT2D eigenvalue weighted by Crippen LogP contribution is -2.20. The Kier molecular flexibility index (Phi) is 4.55. The van der Waals surface area contributed by atoms with Crippen molar-refractivity contribution in [2.45, 2.75) is 13.0 Å². The van der Waals surface area contributed by atoms with Gasteiger partial charge in [0.2, 0.25) is 0 Å². The van der Waals surface area contributed by atoms with Crippen molar-refractivity contribution >= 4 is 32.7 Å². The molecule has 0 unspecified atom stereocenters. The number of halogens is 1. The lowest BCUT2D eigenvalue weighted by Gasteiger charge is -2.06. The molecular weight excluding hydrogens is 403 g/mol. The number of methoxy groups -OCH3 is 1. The van der Waals surface area contributed by atoms with Crippen LogP contribution in [0.4, 0.5) is 4.39 Å². The Hall–Kier alpha value is -3.52. The number of rotatable bonds is 5. The van der Waals surface area contributed by atoms with E-state index < -0.39 is 0 Å². The lowest BCUT2D eigenvalue weighted by atomic mass is 10.1. The molecule has 0 radical (unpaired) electrons. The van der Waals surface area contributed by atoms with Crippen molar-refractivity contribution in [2.75, 3.05) is 7.11 Å². The van der Waals surface area contributed by atoms with Crippen LogP contribution in [0.3, 0.4) is 0 Å². The molecule has 0 spiro atoms. The summed E-state index contributed by atoms with van der Waals surface area (Å²) in [6.07, 6.45) is 4.19. The van der Waals surface area contributed by atoms with Crippen LogP contribution in [0.25, 0.3) is 32.4 Å². The molecule has 0 atom stereocenters. The summed E-state index contributed by atoms with van der Waals surface area (Å²) in [6.45, 7) is 0.496. The summed E-state index contributed by atoms with van der Waals surface area (Å²) < 4.78 is 25.0. The number of nitrogens with one attached hydrogen (secondary N) is 1. The van der Waals surface area contributed by atoms with Crippen LogP contribution in [0.2, 0.25) is 0 Å². The topological polar surface area (TPSA) is 72.8 Å². The van der Waals surface area contributed by atoms with E-state index in [4.69, 9.17) is 4.74 Å². The minimum atomic E-state index is -0.316. The van der Waals surface area contributed by atoms with E-state index in [0.29, 0.717) is 28.9 Å². The van der Waals surface area contributed by atoms with Crippen LogP contribution in [0, 0.1) is 5.82 Å². The second-order valence-corrected chi connectivity index (χ2v) is 7.71. The maximum Gasteiger partial charge on any atom is 0.272 e. The van der Waals surface area contributed by atoms with Crippen LogP contribution in [0.15, 0.2) is 59.8 Å². The van der Waals surface area contributed by atoms with Crippen molar-refractivity contribution in [2.24, 2.45) is 0 Å². The molecule has 150 valence electrons. The number of aryl methyl sites for hydroxylation is 2. The number of nitrogens with zero attached hydrogens (tertiary/aromatic N) is 3. The fraction of sp³-hybridized carbons (Fsp3) is 0.136. The van der Waals surface area contributed by atoms with Crippen LogP contribution in [0.5, 0.6) is 5.75 Å². The normalized spacial score (nSPS) is 11.4. The second-order valence-electron chi connectivity index (χ2n) is 6.93. The first kappa shape index (κ1) is 18.5. The minimum absolute atomic E-state index is 0.122. The van der Waals surface area contributed by atoms with Crippen LogP contribution in [-0.4, -0.2) is 26.0 Å². The summed E-state index contributed by atoms with van der Waals surface area (Å²) in [7, 11) is 1.64. The molecular formula is C22H17FN4O2S. The summed E-state index contributed by atoms with van der Waals surface area (Å²) in [5.74, 6) is 0.477. The first-order valence-corrected chi connectivity index (χ1v) is 10.2. The molecule has 30 heavy (non-hydrogen) atoms. The molecule has 0 saturated carbocycles. The van der Waals surface area contributed by atoms with Crippen LogP contribution < -0.4 is 10.3 Å². The van der Waals surface area contributed by atoms with Gasteiger partial charge in [-0.1, -0.05) is 0 Å². The van der Waals surface area contributed by atoms with E-state index in [1.807, 2.05) is 24.4 Å². The van der Waals surface area contributed by atoms with Crippen molar-refractivity contribution in [3.63, 3.8) is 0 Å². The summed E-state index contributed by atoms with van der Waals surface area (Å²) in [4.78, 5) is 20.7. The zero-order chi connectivity index (χ0) is 20.7. The molecule has 3 heterocycles. The Morgan fingerprint density at radius 2 is 2.03 bits per heavy atom. The molecule has 1 N–H and O–H groups in total. The molecule has 5 rings (SSSR count). The molecule has 0 bridgehead atoms. The van der Waals surface area contributed by atoms with Crippen molar-refractivity contribution in [3.05, 3.63) is 76.7 Å². The van der Waals surface area contributed by atoms with Gasteiger partial charge in [-0.2, -0.15) is 4.37 Å². The number of ether oxygens (including phenoxy) is 1. The zero-order valence-corrected chi connectivity index (χ0v) is 16.9. The van der Waals surface area contributed by atoms with Gasteiger partial charge in [0.25, 0.3) is 5.56 Å². The molecule has 0 aliphatic rings. The van der Waals surface area contributed by atoms with Crippen LogP contribution in [0.1, 0.15) is 5.56 Å². The van der Waals surface area contributed by atoms with E-state index in [-0.39, 0.29) is 11.4 Å². The molecule has 6 nitrogen and oxygen atoms in total. The SMILES string of the molecule is COc1ccc2[nH]cc(CCn3cnc4c(-c5ccc(F)cc5)nsc4c3=O)c2c1. The highest BCUT2D eigenvalue weighted by Gasteiger charge is 2.15. The molecule has 0 aliphatic carbocycles. The highest BCUT2D eigenvalue weighted by molar-refractivity contribution is 7.13. The predicted molar refractivity (Wildman–Crippen MR) is 116 cm³/mol. The van der Waals surface area contributed by atoms with Gasteiger partial charge in [-0.3, -0.25) is 9.36 Å². The Labute approximate surface area is 174 Å². The van der Waals surface area contributed by atoms with Crippen molar-refractivity contribution < 1.29 is 9.13 Å². The van der Waals surface area contributed by atoms with E-state index in [0.717, 1.165) is 39.3 Å². The average molecular weight is 420 g/mol. The first-order valence-electron chi connectivity index (χ1n) is 9.39. The highest BCUT2D eigenvalue weighted by atomic mass is 32.1. The third-order valence-corrected chi connectivity index (χ3v) is 5.99. The van der Waals surface area contributed by atoms with Gasteiger partial charge in [0.1, 0.15) is 27.5 Å². The number of hydrogen-bond donors (Lipinski definition) is 1. The Bertz CT molecular complexity index is 1420. The van der Waals surface area contributed by atoms with E-state index in [9.17, 15) is 9.18 Å². The smallest absolute Gasteiger partial charge is 0.272 e. The van der Waals surface area contributed by atoms with Crippen LogP contribution in [-0.2, 0) is 13.0 Å². The largest absolute Gasteiger partial charge is 0.497 e. The first-order chi connectivity index (χ1) is 14.6. The fourth-order valence-corrected chi connectivity index (χ4v) is 4.35. The molecule has 5 aromatic rings. The number of H-pyrrole nitrogens is 1. The summed E-state index contributed by atoms with van der Waals surface area (Å²) >= 11 is 1.12. The van der Waals surface area contributed by atoms with Gasteiger partial charge in [-0.25, -0.2) is 9.37 Å². The van der Waals surface area contributed by atoms with Crippen molar-refractivity contribution in [1.82, 2.24) is 18.9 Å². The molecule has 0 fully saturated rings. The molecule has 0 saturated heterocycles. The maximum atomic E-state index is 13.2. The molecule has 0 aliphatic heterocycles. The maximum absolute atomic E-state index is 13.2. The van der Waals surface area contributed by atoms with Crippen LogP contribution >= 0.6 is 11.5 Å². The van der Waals surface area contributed by atoms with Gasteiger partial charge in [0, 0.05) is 29.2 Å². The van der Waals surface area contributed by atoms with Crippen molar-refractivity contribution in [1.29, 1.82) is 0 Å². The Morgan fingerprint density at radius 3 is 2.83 bits per heavy atom. The van der Waals surface area contributed by atoms with Gasteiger partial charge in [-0.15, -0.1) is 0 Å². The summed E-state index contributed by atoms with van der Waals surface area (Å²) in [6, 6.07) is 11.9. The molecule has 0 amide bonds. The standard InChI is InChI=1S/C22H17FN4O2S/c1-29-16-6-7-18-17(10-16)14(11-24-18)8-9-27-12-25-20-19(26-30-21(20)22(27)28)13-2-4-15(23)5-3-13/h2-7,10-12,24H,8-9H2,1H3. The van der Waals surface area contributed by atoms with E-state index in [1.165, 1.54) is 12.1 Å².